The number of nitrogens with zero attached hydrogens (tertiary/aromatic N) is 4. The standard InChI is InChI=1S/C20H18N4S/c1-14-12-15(2)24-19(21-14)22-23-20(24)25-13-16-8-10-18(11-9-16)17-6-4-3-5-7-17/h3-12H,13H2,1-2H3. The Morgan fingerprint density at radius 1 is 0.880 bits per heavy atom. The number of hydrogen-bond donors (Lipinski definition) is 0. The highest BCUT2D eigenvalue weighted by Gasteiger charge is 2.10. The van der Waals surface area contributed by atoms with Gasteiger partial charge in [0.15, 0.2) is 5.16 Å². The lowest BCUT2D eigenvalue weighted by Gasteiger charge is -2.06. The van der Waals surface area contributed by atoms with Gasteiger partial charge >= 0.3 is 0 Å². The Labute approximate surface area is 151 Å². The summed E-state index contributed by atoms with van der Waals surface area (Å²) < 4.78 is 2.01. The molecule has 5 heteroatoms. The van der Waals surface area contributed by atoms with Crippen LogP contribution in [-0.4, -0.2) is 19.6 Å². The van der Waals surface area contributed by atoms with Gasteiger partial charge in [0.2, 0.25) is 0 Å². The van der Waals surface area contributed by atoms with Crippen LogP contribution >= 0.6 is 11.8 Å². The Morgan fingerprint density at radius 3 is 2.36 bits per heavy atom. The molecule has 0 spiro atoms. The maximum absolute atomic E-state index is 4.43. The zero-order chi connectivity index (χ0) is 17.2. The van der Waals surface area contributed by atoms with Crippen LogP contribution in [0.15, 0.2) is 65.8 Å². The number of fused-ring (bicyclic) bond motifs is 1. The number of aromatic nitrogens is 4. The molecule has 0 amide bonds. The molecular formula is C20H18N4S. The summed E-state index contributed by atoms with van der Waals surface area (Å²) in [5.74, 6) is 1.52. The molecule has 0 aliphatic rings. The summed E-state index contributed by atoms with van der Waals surface area (Å²) in [6.07, 6.45) is 0. The van der Waals surface area contributed by atoms with Crippen LogP contribution in [0, 0.1) is 13.8 Å². The molecule has 0 aliphatic heterocycles. The van der Waals surface area contributed by atoms with Crippen LogP contribution < -0.4 is 0 Å². The van der Waals surface area contributed by atoms with Gasteiger partial charge in [0.25, 0.3) is 5.78 Å². The van der Waals surface area contributed by atoms with Gasteiger partial charge < -0.3 is 0 Å². The Bertz CT molecular complexity index is 1010. The highest BCUT2D eigenvalue weighted by molar-refractivity contribution is 7.98. The smallest absolute Gasteiger partial charge is 0.256 e. The molecule has 25 heavy (non-hydrogen) atoms. The van der Waals surface area contributed by atoms with Crippen molar-refractivity contribution in [3.05, 3.63) is 77.6 Å². The Kier molecular flexibility index (Phi) is 4.24. The molecule has 0 aliphatic carbocycles. The van der Waals surface area contributed by atoms with Gasteiger partial charge in [-0.2, -0.15) is 0 Å². The van der Waals surface area contributed by atoms with E-state index in [0.29, 0.717) is 5.78 Å². The van der Waals surface area contributed by atoms with E-state index in [1.165, 1.54) is 16.7 Å². The first kappa shape index (κ1) is 15.8. The summed E-state index contributed by atoms with van der Waals surface area (Å²) in [6, 6.07) is 21.2. The third kappa shape index (κ3) is 3.28. The molecule has 124 valence electrons. The van der Waals surface area contributed by atoms with Crippen LogP contribution in [0.3, 0.4) is 0 Å². The fraction of sp³-hybridized carbons (Fsp3) is 0.150. The molecule has 0 N–H and O–H groups in total. The first-order chi connectivity index (χ1) is 12.2. The van der Waals surface area contributed by atoms with Gasteiger partial charge in [-0.05, 0) is 36.6 Å². The van der Waals surface area contributed by atoms with E-state index in [0.717, 1.165) is 22.3 Å². The largest absolute Gasteiger partial charge is 0.259 e. The molecular weight excluding hydrogens is 328 g/mol. The van der Waals surface area contributed by atoms with Gasteiger partial charge in [0, 0.05) is 17.1 Å². The van der Waals surface area contributed by atoms with E-state index in [1.807, 2.05) is 17.4 Å². The monoisotopic (exact) mass is 346 g/mol. The van der Waals surface area contributed by atoms with Gasteiger partial charge in [-0.1, -0.05) is 66.4 Å². The minimum absolute atomic E-state index is 0.666. The first-order valence-corrected chi connectivity index (χ1v) is 9.16. The molecule has 0 atom stereocenters. The van der Waals surface area contributed by atoms with E-state index in [1.54, 1.807) is 11.8 Å². The third-order valence-corrected chi connectivity index (χ3v) is 5.09. The topological polar surface area (TPSA) is 43.1 Å². The fourth-order valence-electron chi connectivity index (χ4n) is 2.87. The molecule has 2 heterocycles. The third-order valence-electron chi connectivity index (χ3n) is 4.09. The maximum Gasteiger partial charge on any atom is 0.256 e. The van der Waals surface area contributed by atoms with Gasteiger partial charge in [0.1, 0.15) is 0 Å². The van der Waals surface area contributed by atoms with E-state index < -0.39 is 0 Å². The minimum Gasteiger partial charge on any atom is -0.259 e. The van der Waals surface area contributed by atoms with Crippen molar-refractivity contribution in [2.75, 3.05) is 0 Å². The van der Waals surface area contributed by atoms with E-state index in [9.17, 15) is 0 Å². The first-order valence-electron chi connectivity index (χ1n) is 8.17. The highest BCUT2D eigenvalue weighted by Crippen LogP contribution is 2.25. The zero-order valence-electron chi connectivity index (χ0n) is 14.2. The molecule has 0 fully saturated rings. The molecule has 4 rings (SSSR count). The van der Waals surface area contributed by atoms with E-state index in [-0.39, 0.29) is 0 Å². The van der Waals surface area contributed by atoms with Crippen LogP contribution in [0.25, 0.3) is 16.9 Å². The van der Waals surface area contributed by atoms with E-state index >= 15 is 0 Å². The van der Waals surface area contributed by atoms with Crippen LogP contribution in [0.5, 0.6) is 0 Å². The van der Waals surface area contributed by atoms with Crippen LogP contribution in [0.1, 0.15) is 17.0 Å². The molecule has 0 bridgehead atoms. The molecule has 2 aromatic heterocycles. The second-order valence-electron chi connectivity index (χ2n) is 6.01. The van der Waals surface area contributed by atoms with Crippen molar-refractivity contribution >= 4 is 17.5 Å². The van der Waals surface area contributed by atoms with Crippen molar-refractivity contribution in [2.24, 2.45) is 0 Å². The fourth-order valence-corrected chi connectivity index (χ4v) is 3.81. The average molecular weight is 346 g/mol. The van der Waals surface area contributed by atoms with Gasteiger partial charge in [-0.3, -0.25) is 4.40 Å². The molecule has 0 saturated carbocycles. The SMILES string of the molecule is Cc1cc(C)n2c(SCc3ccc(-c4ccccc4)cc3)nnc2n1. The van der Waals surface area contributed by atoms with Crippen molar-refractivity contribution in [3.8, 4) is 11.1 Å². The lowest BCUT2D eigenvalue weighted by Crippen LogP contribution is -1.97. The number of benzene rings is 2. The predicted octanol–water partition coefficient (Wildman–Crippen LogP) is 4.70. The summed E-state index contributed by atoms with van der Waals surface area (Å²) in [6.45, 7) is 4.03. The number of aryl methyl sites for hydroxylation is 2. The van der Waals surface area contributed by atoms with Crippen molar-refractivity contribution in [1.29, 1.82) is 0 Å². The lowest BCUT2D eigenvalue weighted by atomic mass is 10.0. The van der Waals surface area contributed by atoms with Crippen molar-refractivity contribution in [1.82, 2.24) is 19.6 Å². The van der Waals surface area contributed by atoms with Gasteiger partial charge in [-0.25, -0.2) is 4.98 Å². The minimum atomic E-state index is 0.666. The second-order valence-corrected chi connectivity index (χ2v) is 6.95. The van der Waals surface area contributed by atoms with Crippen molar-refractivity contribution in [2.45, 2.75) is 24.8 Å². The van der Waals surface area contributed by atoms with Gasteiger partial charge in [0.05, 0.1) is 0 Å². The number of hydrogen-bond acceptors (Lipinski definition) is 4. The summed E-state index contributed by atoms with van der Waals surface area (Å²) in [5, 5.41) is 9.36. The lowest BCUT2D eigenvalue weighted by molar-refractivity contribution is 0.886. The Hall–Kier alpha value is -2.66. The van der Waals surface area contributed by atoms with Crippen LogP contribution in [-0.2, 0) is 5.75 Å². The normalized spacial score (nSPS) is 11.1. The van der Waals surface area contributed by atoms with E-state index in [4.69, 9.17) is 0 Å². The predicted molar refractivity (Wildman–Crippen MR) is 102 cm³/mol. The maximum atomic E-state index is 4.43. The molecule has 2 aromatic carbocycles. The quantitative estimate of drug-likeness (QED) is 0.502. The van der Waals surface area contributed by atoms with Crippen molar-refractivity contribution in [3.63, 3.8) is 0 Å². The highest BCUT2D eigenvalue weighted by atomic mass is 32.2. The number of thioether (sulfide) groups is 1. The Morgan fingerprint density at radius 2 is 1.60 bits per heavy atom. The average Bonchev–Trinajstić information content (AvgIpc) is 3.04. The summed E-state index contributed by atoms with van der Waals surface area (Å²) in [5.41, 5.74) is 5.80. The molecule has 0 radical (unpaired) electrons. The van der Waals surface area contributed by atoms with Gasteiger partial charge in [-0.15, -0.1) is 10.2 Å². The molecule has 0 saturated heterocycles. The Balaban J connectivity index is 1.52. The molecule has 4 nitrogen and oxygen atoms in total. The summed E-state index contributed by atoms with van der Waals surface area (Å²) >= 11 is 1.68. The zero-order valence-corrected chi connectivity index (χ0v) is 15.0. The second kappa shape index (κ2) is 6.69. The summed E-state index contributed by atoms with van der Waals surface area (Å²) in [4.78, 5) is 4.43. The van der Waals surface area contributed by atoms with Crippen molar-refractivity contribution < 1.29 is 0 Å². The number of rotatable bonds is 4. The van der Waals surface area contributed by atoms with Crippen LogP contribution in [0.4, 0.5) is 0 Å². The van der Waals surface area contributed by atoms with E-state index in [2.05, 4.69) is 76.7 Å². The molecule has 0 unspecified atom stereocenters. The molecule has 4 aromatic rings. The van der Waals surface area contributed by atoms with Crippen LogP contribution in [0.2, 0.25) is 0 Å². The summed E-state index contributed by atoms with van der Waals surface area (Å²) in [7, 11) is 0.